The predicted molar refractivity (Wildman–Crippen MR) is 114 cm³/mol. The number of thiophene rings is 1. The molecule has 1 fully saturated rings. The molecule has 6 nitrogen and oxygen atoms in total. The molecule has 0 bridgehead atoms. The Bertz CT molecular complexity index is 952. The summed E-state index contributed by atoms with van der Waals surface area (Å²) in [6.45, 7) is 2.52. The molecule has 1 atom stereocenters. The molecule has 1 aromatic carbocycles. The molecule has 1 aromatic heterocycles. The Hall–Kier alpha value is -2.54. The Kier molecular flexibility index (Phi) is 5.37. The van der Waals surface area contributed by atoms with Crippen molar-refractivity contribution in [1.82, 2.24) is 10.2 Å². The maximum Gasteiger partial charge on any atom is 0.223 e. The summed E-state index contributed by atoms with van der Waals surface area (Å²) in [6, 6.07) is 7.97. The van der Waals surface area contributed by atoms with Gasteiger partial charge in [0.05, 0.1) is 6.04 Å². The molecule has 2 aromatic rings. The number of carbonyl (C=O) groups is 2. The molecule has 1 aliphatic carbocycles. The second kappa shape index (κ2) is 8.30. The molecule has 0 saturated heterocycles. The van der Waals surface area contributed by atoms with Crippen molar-refractivity contribution in [1.29, 1.82) is 0 Å². The molecule has 1 unspecified atom stereocenters. The summed E-state index contributed by atoms with van der Waals surface area (Å²) in [7, 11) is 0. The van der Waals surface area contributed by atoms with E-state index < -0.39 is 0 Å². The molecule has 2 amide bonds. The zero-order valence-corrected chi connectivity index (χ0v) is 17.7. The number of amides is 2. The van der Waals surface area contributed by atoms with Gasteiger partial charge in [-0.25, -0.2) is 0 Å². The van der Waals surface area contributed by atoms with Crippen LogP contribution in [0.1, 0.15) is 47.7 Å². The van der Waals surface area contributed by atoms with Crippen LogP contribution in [0.3, 0.4) is 0 Å². The van der Waals surface area contributed by atoms with Crippen molar-refractivity contribution in [2.75, 3.05) is 19.8 Å². The van der Waals surface area contributed by atoms with Crippen LogP contribution in [-0.2, 0) is 22.6 Å². The number of nitrogens with one attached hydrogen (secondary N) is 1. The van der Waals surface area contributed by atoms with Gasteiger partial charge in [0.1, 0.15) is 13.2 Å². The Labute approximate surface area is 180 Å². The first kappa shape index (κ1) is 19.4. The molecule has 3 aliphatic rings. The topological polar surface area (TPSA) is 67.9 Å². The fourth-order valence-corrected chi connectivity index (χ4v) is 5.13. The van der Waals surface area contributed by atoms with Gasteiger partial charge in [0, 0.05) is 30.8 Å². The van der Waals surface area contributed by atoms with Crippen molar-refractivity contribution < 1.29 is 19.1 Å². The summed E-state index contributed by atoms with van der Waals surface area (Å²) in [6.07, 6.45) is 3.60. The van der Waals surface area contributed by atoms with Gasteiger partial charge in [-0.3, -0.25) is 9.59 Å². The molecule has 0 radical (unpaired) electrons. The van der Waals surface area contributed by atoms with Crippen molar-refractivity contribution in [2.24, 2.45) is 5.92 Å². The van der Waals surface area contributed by atoms with E-state index in [1.165, 1.54) is 10.4 Å². The van der Waals surface area contributed by atoms with E-state index in [2.05, 4.69) is 16.8 Å². The van der Waals surface area contributed by atoms with Gasteiger partial charge < -0.3 is 19.7 Å². The fraction of sp³-hybridized carbons (Fsp3) is 0.478. The molecule has 5 rings (SSSR count). The van der Waals surface area contributed by atoms with Crippen LogP contribution in [0, 0.1) is 5.92 Å². The summed E-state index contributed by atoms with van der Waals surface area (Å²) in [5.41, 5.74) is 2.29. The number of carbonyl (C=O) groups excluding carboxylic acids is 2. The molecule has 0 spiro atoms. The highest BCUT2D eigenvalue weighted by Gasteiger charge is 2.34. The minimum atomic E-state index is -0.0663. The van der Waals surface area contributed by atoms with E-state index in [0.29, 0.717) is 25.7 Å². The number of benzene rings is 1. The maximum absolute atomic E-state index is 12.7. The van der Waals surface area contributed by atoms with Crippen LogP contribution in [0.4, 0.5) is 0 Å². The number of nitrogens with zero attached hydrogens (tertiary/aromatic N) is 1. The van der Waals surface area contributed by atoms with Crippen LogP contribution >= 0.6 is 11.3 Å². The van der Waals surface area contributed by atoms with Gasteiger partial charge in [-0.2, -0.15) is 0 Å². The van der Waals surface area contributed by atoms with Crippen molar-refractivity contribution in [3.05, 3.63) is 45.6 Å². The van der Waals surface area contributed by atoms with Gasteiger partial charge in [-0.1, -0.05) is 6.07 Å². The Balaban J connectivity index is 1.17. The van der Waals surface area contributed by atoms with Gasteiger partial charge in [0.2, 0.25) is 11.8 Å². The standard InChI is InChI=1S/C23H26N2O4S/c26-21(5-6-22(27)25-9-7-20-17(14-25)8-12-30-20)24-23(15-1-2-15)16-3-4-18-19(13-16)29-11-10-28-18/h3-4,8,12-13,15,23H,1-2,5-7,9-11,14H2,(H,24,26). The summed E-state index contributed by atoms with van der Waals surface area (Å²) in [5.74, 6) is 1.94. The zero-order chi connectivity index (χ0) is 20.5. The van der Waals surface area contributed by atoms with E-state index in [4.69, 9.17) is 9.47 Å². The Morgan fingerprint density at radius 1 is 1.13 bits per heavy atom. The van der Waals surface area contributed by atoms with Crippen molar-refractivity contribution >= 4 is 23.2 Å². The first-order valence-electron chi connectivity index (χ1n) is 10.7. The maximum atomic E-state index is 12.7. The molecular formula is C23H26N2O4S. The molecule has 30 heavy (non-hydrogen) atoms. The van der Waals surface area contributed by atoms with Crippen LogP contribution < -0.4 is 14.8 Å². The van der Waals surface area contributed by atoms with E-state index in [0.717, 1.165) is 42.9 Å². The van der Waals surface area contributed by atoms with Crippen molar-refractivity contribution in [3.8, 4) is 11.5 Å². The summed E-state index contributed by atoms with van der Waals surface area (Å²) >= 11 is 1.76. The number of hydrogen-bond acceptors (Lipinski definition) is 5. The molecule has 3 heterocycles. The molecule has 1 saturated carbocycles. The number of rotatable bonds is 6. The number of ether oxygens (including phenoxy) is 2. The van der Waals surface area contributed by atoms with Crippen LogP contribution in [-0.4, -0.2) is 36.5 Å². The van der Waals surface area contributed by atoms with Crippen LogP contribution in [0.15, 0.2) is 29.6 Å². The average Bonchev–Trinajstić information content (AvgIpc) is 3.51. The normalized spacial score (nSPS) is 18.5. The third-order valence-electron chi connectivity index (χ3n) is 6.06. The average molecular weight is 427 g/mol. The lowest BCUT2D eigenvalue weighted by Crippen LogP contribution is -2.36. The van der Waals surface area contributed by atoms with Crippen molar-refractivity contribution in [2.45, 2.75) is 44.7 Å². The SMILES string of the molecule is O=C(CCC(=O)N1CCc2sccc2C1)NC(c1ccc2c(c1)OCCO2)C1CC1. The number of fused-ring (bicyclic) bond motifs is 2. The zero-order valence-electron chi connectivity index (χ0n) is 16.9. The quantitative estimate of drug-likeness (QED) is 0.768. The van der Waals surface area contributed by atoms with Gasteiger partial charge >= 0.3 is 0 Å². The first-order chi connectivity index (χ1) is 14.7. The number of hydrogen-bond donors (Lipinski definition) is 1. The minimum Gasteiger partial charge on any atom is -0.486 e. The second-order valence-corrected chi connectivity index (χ2v) is 9.22. The minimum absolute atomic E-state index is 0.0354. The van der Waals surface area contributed by atoms with Crippen molar-refractivity contribution in [3.63, 3.8) is 0 Å². The summed E-state index contributed by atoms with van der Waals surface area (Å²) in [4.78, 5) is 28.5. The van der Waals surface area contributed by atoms with Crippen LogP contribution in [0.25, 0.3) is 0 Å². The third-order valence-corrected chi connectivity index (χ3v) is 7.08. The Morgan fingerprint density at radius 3 is 2.80 bits per heavy atom. The lowest BCUT2D eigenvalue weighted by Gasteiger charge is -2.27. The fourth-order valence-electron chi connectivity index (χ4n) is 4.24. The molecule has 158 valence electrons. The largest absolute Gasteiger partial charge is 0.486 e. The van der Waals surface area contributed by atoms with Gasteiger partial charge in [-0.15, -0.1) is 11.3 Å². The third kappa shape index (κ3) is 4.17. The van der Waals surface area contributed by atoms with E-state index in [1.807, 2.05) is 23.1 Å². The second-order valence-electron chi connectivity index (χ2n) is 8.22. The monoisotopic (exact) mass is 426 g/mol. The Morgan fingerprint density at radius 2 is 1.97 bits per heavy atom. The summed E-state index contributed by atoms with van der Waals surface area (Å²) < 4.78 is 11.3. The highest BCUT2D eigenvalue weighted by molar-refractivity contribution is 7.10. The predicted octanol–water partition coefficient (Wildman–Crippen LogP) is 3.45. The summed E-state index contributed by atoms with van der Waals surface area (Å²) in [5, 5.41) is 5.25. The highest BCUT2D eigenvalue weighted by atomic mass is 32.1. The first-order valence-corrected chi connectivity index (χ1v) is 11.6. The van der Waals surface area contributed by atoms with E-state index >= 15 is 0 Å². The molecule has 1 N–H and O–H groups in total. The van der Waals surface area contributed by atoms with Gasteiger partial charge in [0.25, 0.3) is 0 Å². The smallest absolute Gasteiger partial charge is 0.223 e. The molecule has 2 aliphatic heterocycles. The lowest BCUT2D eigenvalue weighted by molar-refractivity contribution is -0.134. The van der Waals surface area contributed by atoms with Gasteiger partial charge in [0.15, 0.2) is 11.5 Å². The van der Waals surface area contributed by atoms with E-state index in [1.54, 1.807) is 11.3 Å². The van der Waals surface area contributed by atoms with Gasteiger partial charge in [-0.05, 0) is 59.9 Å². The van der Waals surface area contributed by atoms with E-state index in [9.17, 15) is 9.59 Å². The van der Waals surface area contributed by atoms with E-state index in [-0.39, 0.29) is 30.7 Å². The van der Waals surface area contributed by atoms with Crippen LogP contribution in [0.5, 0.6) is 11.5 Å². The highest BCUT2D eigenvalue weighted by Crippen LogP contribution is 2.43. The lowest BCUT2D eigenvalue weighted by atomic mass is 10.0. The van der Waals surface area contributed by atoms with Crippen LogP contribution in [0.2, 0.25) is 0 Å². The molecular weight excluding hydrogens is 400 g/mol. The molecule has 7 heteroatoms.